The van der Waals surface area contributed by atoms with Gasteiger partial charge in [-0.1, -0.05) is 65.1 Å². The molecule has 0 heterocycles. The predicted octanol–water partition coefficient (Wildman–Crippen LogP) is 4.11. The van der Waals surface area contributed by atoms with Crippen LogP contribution in [0.5, 0.6) is 5.75 Å². The van der Waals surface area contributed by atoms with Crippen LogP contribution in [-0.2, 0) is 0 Å². The molecule has 0 bridgehead atoms. The Labute approximate surface area is 172 Å². The van der Waals surface area contributed by atoms with E-state index >= 15 is 0 Å². The fourth-order valence-corrected chi connectivity index (χ4v) is 2.60. The number of carbonyl (C=O) groups excluding carboxylic acids is 1. The van der Waals surface area contributed by atoms with E-state index in [2.05, 4.69) is 16.0 Å². The smallest absolute Gasteiger partial charge is 0.252 e. The molecule has 0 saturated heterocycles. The third kappa shape index (κ3) is 5.92. The zero-order valence-electron chi connectivity index (χ0n) is 13.6. The molecule has 5 nitrogen and oxygen atoms in total. The van der Waals surface area contributed by atoms with Crippen molar-refractivity contribution in [3.63, 3.8) is 0 Å². The number of hydrogen-bond donors (Lipinski definition) is 3. The van der Waals surface area contributed by atoms with Crippen molar-refractivity contribution in [1.29, 1.82) is 0 Å². The van der Waals surface area contributed by atoms with Gasteiger partial charge in [0.05, 0.1) is 12.8 Å². The van der Waals surface area contributed by atoms with Crippen molar-refractivity contribution in [3.05, 3.63) is 60.2 Å². The van der Waals surface area contributed by atoms with Crippen LogP contribution in [0, 0.1) is 0 Å². The van der Waals surface area contributed by atoms with E-state index in [4.69, 9.17) is 51.8 Å². The zero-order chi connectivity index (χ0) is 19.2. The highest BCUT2D eigenvalue weighted by molar-refractivity contribution is 7.80. The number of thiocarbonyl (C=S) groups is 1. The molecule has 26 heavy (non-hydrogen) atoms. The SMILES string of the molecule is COc1ccccc1NC(=S)N[C@H](NC(=O)c1ccccc1)C(Cl)(Cl)Cl. The van der Waals surface area contributed by atoms with Crippen molar-refractivity contribution in [2.24, 2.45) is 0 Å². The van der Waals surface area contributed by atoms with Crippen molar-refractivity contribution in [2.75, 3.05) is 12.4 Å². The first-order valence-corrected chi connectivity index (χ1v) is 8.98. The Hall–Kier alpha value is -1.73. The molecule has 0 unspecified atom stereocenters. The predicted molar refractivity (Wildman–Crippen MR) is 110 cm³/mol. The topological polar surface area (TPSA) is 62.4 Å². The van der Waals surface area contributed by atoms with Gasteiger partial charge in [0.15, 0.2) is 5.11 Å². The molecule has 1 atom stereocenters. The number of halogens is 3. The van der Waals surface area contributed by atoms with Gasteiger partial charge in [-0.25, -0.2) is 0 Å². The summed E-state index contributed by atoms with van der Waals surface area (Å²) < 4.78 is 3.41. The minimum atomic E-state index is -1.84. The van der Waals surface area contributed by atoms with Gasteiger partial charge in [0.2, 0.25) is 3.79 Å². The van der Waals surface area contributed by atoms with E-state index in [1.807, 2.05) is 12.1 Å². The molecule has 0 fully saturated rings. The number of nitrogens with one attached hydrogen (secondary N) is 3. The van der Waals surface area contributed by atoms with Gasteiger partial charge in [-0.3, -0.25) is 4.79 Å². The normalized spacial score (nSPS) is 12.0. The maximum Gasteiger partial charge on any atom is 0.252 e. The lowest BCUT2D eigenvalue weighted by Gasteiger charge is -2.28. The fourth-order valence-electron chi connectivity index (χ4n) is 2.04. The number of carbonyl (C=O) groups is 1. The van der Waals surface area contributed by atoms with Crippen LogP contribution >= 0.6 is 47.0 Å². The van der Waals surface area contributed by atoms with E-state index in [1.54, 1.807) is 49.6 Å². The summed E-state index contributed by atoms with van der Waals surface area (Å²) in [4.78, 5) is 12.3. The van der Waals surface area contributed by atoms with E-state index in [0.717, 1.165) is 0 Å². The number of benzene rings is 2. The quantitative estimate of drug-likeness (QED) is 0.377. The lowest BCUT2D eigenvalue weighted by atomic mass is 10.2. The molecule has 2 aromatic rings. The monoisotopic (exact) mass is 431 g/mol. The average molecular weight is 433 g/mol. The second-order valence-electron chi connectivity index (χ2n) is 5.11. The van der Waals surface area contributed by atoms with Gasteiger partial charge in [-0.2, -0.15) is 0 Å². The molecule has 0 saturated carbocycles. The Balaban J connectivity index is 2.08. The largest absolute Gasteiger partial charge is 0.495 e. The Morgan fingerprint density at radius 1 is 1.04 bits per heavy atom. The van der Waals surface area contributed by atoms with E-state index in [0.29, 0.717) is 17.0 Å². The average Bonchev–Trinajstić information content (AvgIpc) is 2.61. The van der Waals surface area contributed by atoms with Gasteiger partial charge in [-0.15, -0.1) is 0 Å². The maximum absolute atomic E-state index is 12.3. The van der Waals surface area contributed by atoms with Gasteiger partial charge in [0.25, 0.3) is 5.91 Å². The summed E-state index contributed by atoms with van der Waals surface area (Å²) in [6.07, 6.45) is -1.06. The van der Waals surface area contributed by atoms with Gasteiger partial charge >= 0.3 is 0 Å². The summed E-state index contributed by atoms with van der Waals surface area (Å²) in [6, 6.07) is 15.8. The molecule has 2 rings (SSSR count). The standard InChI is InChI=1S/C17H16Cl3N3O2S/c1-25-13-10-6-5-9-12(13)21-16(26)23-15(17(18,19)20)22-14(24)11-7-3-2-4-8-11/h2-10,15H,1H3,(H,22,24)(H2,21,23,26)/t15-/m0/s1. The zero-order valence-corrected chi connectivity index (χ0v) is 16.7. The van der Waals surface area contributed by atoms with E-state index < -0.39 is 15.9 Å². The number of amides is 1. The van der Waals surface area contributed by atoms with E-state index in [9.17, 15) is 4.79 Å². The first kappa shape index (κ1) is 20.6. The molecule has 9 heteroatoms. The molecule has 0 aliphatic rings. The summed E-state index contributed by atoms with van der Waals surface area (Å²) in [5, 5.41) is 8.51. The molecule has 1 amide bonds. The van der Waals surface area contributed by atoms with E-state index in [-0.39, 0.29) is 5.11 Å². The first-order chi connectivity index (χ1) is 12.3. The lowest BCUT2D eigenvalue weighted by Crippen LogP contribution is -2.56. The summed E-state index contributed by atoms with van der Waals surface area (Å²) in [7, 11) is 1.54. The molecule has 0 aromatic heterocycles. The lowest BCUT2D eigenvalue weighted by molar-refractivity contribution is 0.0934. The number of methoxy groups -OCH3 is 1. The number of hydrogen-bond acceptors (Lipinski definition) is 3. The number of alkyl halides is 3. The Kier molecular flexibility index (Phi) is 7.34. The Morgan fingerprint density at radius 2 is 1.65 bits per heavy atom. The molecular weight excluding hydrogens is 417 g/mol. The first-order valence-electron chi connectivity index (χ1n) is 7.44. The van der Waals surface area contributed by atoms with Crippen LogP contribution in [0.2, 0.25) is 0 Å². The summed E-state index contributed by atoms with van der Waals surface area (Å²) in [6.45, 7) is 0. The van der Waals surface area contributed by atoms with Gasteiger partial charge in [0.1, 0.15) is 11.9 Å². The van der Waals surface area contributed by atoms with Crippen LogP contribution in [0.4, 0.5) is 5.69 Å². The summed E-state index contributed by atoms with van der Waals surface area (Å²) in [5.41, 5.74) is 1.06. The molecule has 0 aliphatic carbocycles. The Bertz CT molecular complexity index is 769. The van der Waals surface area contributed by atoms with Crippen molar-refractivity contribution < 1.29 is 9.53 Å². The van der Waals surface area contributed by atoms with Crippen LogP contribution in [0.25, 0.3) is 0 Å². The highest BCUT2D eigenvalue weighted by Gasteiger charge is 2.35. The second-order valence-corrected chi connectivity index (χ2v) is 7.89. The Morgan fingerprint density at radius 3 is 2.27 bits per heavy atom. The highest BCUT2D eigenvalue weighted by Crippen LogP contribution is 2.29. The van der Waals surface area contributed by atoms with Crippen LogP contribution in [-0.4, -0.2) is 28.1 Å². The van der Waals surface area contributed by atoms with Crippen molar-refractivity contribution >= 4 is 63.7 Å². The van der Waals surface area contributed by atoms with Crippen molar-refractivity contribution in [2.45, 2.75) is 9.96 Å². The molecule has 3 N–H and O–H groups in total. The third-order valence-corrected chi connectivity index (χ3v) is 4.14. The molecule has 0 radical (unpaired) electrons. The van der Waals surface area contributed by atoms with Crippen LogP contribution < -0.4 is 20.7 Å². The summed E-state index contributed by atoms with van der Waals surface area (Å²) >= 11 is 23.2. The molecular formula is C17H16Cl3N3O2S. The third-order valence-electron chi connectivity index (χ3n) is 3.27. The van der Waals surface area contributed by atoms with Crippen LogP contribution in [0.3, 0.4) is 0 Å². The number of rotatable bonds is 5. The number of anilines is 1. The maximum atomic E-state index is 12.3. The highest BCUT2D eigenvalue weighted by atomic mass is 35.6. The van der Waals surface area contributed by atoms with Crippen LogP contribution in [0.1, 0.15) is 10.4 Å². The van der Waals surface area contributed by atoms with E-state index in [1.165, 1.54) is 0 Å². The minimum Gasteiger partial charge on any atom is -0.495 e. The fraction of sp³-hybridized carbons (Fsp3) is 0.176. The van der Waals surface area contributed by atoms with Gasteiger partial charge in [-0.05, 0) is 36.5 Å². The van der Waals surface area contributed by atoms with Gasteiger partial charge < -0.3 is 20.7 Å². The molecule has 2 aromatic carbocycles. The van der Waals surface area contributed by atoms with Crippen molar-refractivity contribution in [1.82, 2.24) is 10.6 Å². The molecule has 138 valence electrons. The molecule has 0 aliphatic heterocycles. The minimum absolute atomic E-state index is 0.152. The second kappa shape index (κ2) is 9.28. The molecule has 0 spiro atoms. The number of para-hydroxylation sites is 2. The van der Waals surface area contributed by atoms with Crippen molar-refractivity contribution in [3.8, 4) is 5.75 Å². The van der Waals surface area contributed by atoms with Gasteiger partial charge in [0, 0.05) is 5.56 Å². The number of ether oxygens (including phenoxy) is 1. The summed E-state index contributed by atoms with van der Waals surface area (Å²) in [5.74, 6) is 0.185. The van der Waals surface area contributed by atoms with Crippen LogP contribution in [0.15, 0.2) is 54.6 Å².